The Morgan fingerprint density at radius 3 is 2.95 bits per heavy atom. The molecule has 1 saturated carbocycles. The summed E-state index contributed by atoms with van der Waals surface area (Å²) in [6.07, 6.45) is 4.50. The molecule has 1 aliphatic carbocycles. The lowest BCUT2D eigenvalue weighted by Gasteiger charge is -2.39. The number of carbonyl (C=O) groups excluding carboxylic acids is 1. The number of rotatable bonds is 3. The highest BCUT2D eigenvalue weighted by atomic mass is 79.9. The van der Waals surface area contributed by atoms with Gasteiger partial charge in [0.1, 0.15) is 4.88 Å². The molecular formula is C14H19BrClNOS. The van der Waals surface area contributed by atoms with Gasteiger partial charge < -0.3 is 5.32 Å². The van der Waals surface area contributed by atoms with Crippen molar-refractivity contribution in [3.8, 4) is 0 Å². The molecule has 2 atom stereocenters. The van der Waals surface area contributed by atoms with Crippen LogP contribution in [0.25, 0.3) is 0 Å². The highest BCUT2D eigenvalue weighted by molar-refractivity contribution is 9.09. The summed E-state index contributed by atoms with van der Waals surface area (Å²) in [5.74, 6) is 0.629. The van der Waals surface area contributed by atoms with E-state index in [-0.39, 0.29) is 11.4 Å². The van der Waals surface area contributed by atoms with E-state index < -0.39 is 0 Å². The molecule has 0 aromatic carbocycles. The number of hydrogen-bond acceptors (Lipinski definition) is 2. The van der Waals surface area contributed by atoms with Crippen LogP contribution in [0.3, 0.4) is 0 Å². The van der Waals surface area contributed by atoms with Gasteiger partial charge in [-0.15, -0.1) is 11.3 Å². The maximum atomic E-state index is 12.4. The van der Waals surface area contributed by atoms with Gasteiger partial charge in [-0.05, 0) is 36.6 Å². The molecule has 0 radical (unpaired) electrons. The molecule has 1 amide bonds. The normalized spacial score (nSPS) is 27.3. The molecule has 0 aliphatic heterocycles. The third-order valence-electron chi connectivity index (χ3n) is 3.83. The van der Waals surface area contributed by atoms with E-state index >= 15 is 0 Å². The van der Waals surface area contributed by atoms with Crippen molar-refractivity contribution in [1.29, 1.82) is 0 Å². The van der Waals surface area contributed by atoms with E-state index in [9.17, 15) is 4.79 Å². The van der Waals surface area contributed by atoms with Crippen LogP contribution in [-0.2, 0) is 0 Å². The molecule has 0 saturated heterocycles. The van der Waals surface area contributed by atoms with Crippen LogP contribution in [0, 0.1) is 12.8 Å². The van der Waals surface area contributed by atoms with Crippen LogP contribution in [0.4, 0.5) is 0 Å². The Morgan fingerprint density at radius 2 is 2.42 bits per heavy atom. The smallest absolute Gasteiger partial charge is 0.263 e. The summed E-state index contributed by atoms with van der Waals surface area (Å²) >= 11 is 11.2. The van der Waals surface area contributed by atoms with Gasteiger partial charge in [0.25, 0.3) is 5.91 Å². The van der Waals surface area contributed by atoms with E-state index in [1.54, 1.807) is 0 Å². The van der Waals surface area contributed by atoms with Gasteiger partial charge in [-0.2, -0.15) is 0 Å². The maximum Gasteiger partial charge on any atom is 0.263 e. The van der Waals surface area contributed by atoms with Crippen molar-refractivity contribution in [1.82, 2.24) is 5.32 Å². The predicted octanol–water partition coefficient (Wildman–Crippen LogP) is 4.78. The van der Waals surface area contributed by atoms with Gasteiger partial charge in [-0.1, -0.05) is 47.3 Å². The Hall–Kier alpha value is -0.0600. The molecule has 1 fully saturated rings. The van der Waals surface area contributed by atoms with Crippen LogP contribution in [0.1, 0.15) is 47.8 Å². The molecule has 1 aromatic rings. The van der Waals surface area contributed by atoms with Gasteiger partial charge in [0.05, 0.1) is 10.6 Å². The topological polar surface area (TPSA) is 29.1 Å². The minimum Gasteiger partial charge on any atom is -0.345 e. The van der Waals surface area contributed by atoms with Gasteiger partial charge in [-0.25, -0.2) is 0 Å². The van der Waals surface area contributed by atoms with E-state index in [2.05, 4.69) is 28.2 Å². The molecule has 0 bridgehead atoms. The number of halogens is 2. The number of carbonyl (C=O) groups is 1. The van der Waals surface area contributed by atoms with Crippen LogP contribution in [0.15, 0.2) is 5.38 Å². The van der Waals surface area contributed by atoms with Crippen LogP contribution in [0.5, 0.6) is 0 Å². The summed E-state index contributed by atoms with van der Waals surface area (Å²) in [6, 6.07) is 0. The second-order valence-corrected chi connectivity index (χ2v) is 7.45. The molecule has 2 unspecified atom stereocenters. The summed E-state index contributed by atoms with van der Waals surface area (Å²) in [5.41, 5.74) is 0.859. The molecule has 19 heavy (non-hydrogen) atoms. The number of thiophene rings is 1. The van der Waals surface area contributed by atoms with Gasteiger partial charge >= 0.3 is 0 Å². The van der Waals surface area contributed by atoms with Crippen molar-refractivity contribution in [2.45, 2.75) is 45.1 Å². The highest BCUT2D eigenvalue weighted by Gasteiger charge is 2.36. The maximum absolute atomic E-state index is 12.4. The summed E-state index contributed by atoms with van der Waals surface area (Å²) in [4.78, 5) is 13.0. The van der Waals surface area contributed by atoms with Gasteiger partial charge in [0.15, 0.2) is 0 Å². The average molecular weight is 365 g/mol. The zero-order valence-corrected chi connectivity index (χ0v) is 14.4. The van der Waals surface area contributed by atoms with Crippen LogP contribution in [-0.4, -0.2) is 16.8 Å². The van der Waals surface area contributed by atoms with Crippen LogP contribution < -0.4 is 5.32 Å². The third-order valence-corrected chi connectivity index (χ3v) is 6.60. The van der Waals surface area contributed by atoms with Gasteiger partial charge in [-0.3, -0.25) is 4.79 Å². The molecule has 2 rings (SSSR count). The van der Waals surface area contributed by atoms with Crippen molar-refractivity contribution in [3.63, 3.8) is 0 Å². The summed E-state index contributed by atoms with van der Waals surface area (Å²) in [5, 5.41) is 6.55. The number of amides is 1. The fourth-order valence-electron chi connectivity index (χ4n) is 2.81. The standard InChI is InChI=1S/C14H19BrClNOS/c1-9-4-3-5-14(6-9,8-15)17-13(18)12-11(16)10(2)7-19-12/h7,9H,3-6,8H2,1-2H3,(H,17,18). The van der Waals surface area contributed by atoms with E-state index in [0.717, 1.165) is 23.7 Å². The molecule has 1 aliphatic rings. The number of nitrogens with one attached hydrogen (secondary N) is 1. The lowest BCUT2D eigenvalue weighted by atomic mass is 9.77. The fourth-order valence-corrected chi connectivity index (χ4v) is 4.63. The molecule has 106 valence electrons. The van der Waals surface area contributed by atoms with E-state index in [4.69, 9.17) is 11.6 Å². The second-order valence-electron chi connectivity index (χ2n) is 5.63. The van der Waals surface area contributed by atoms with E-state index in [1.165, 1.54) is 24.2 Å². The molecule has 1 N–H and O–H groups in total. The molecule has 5 heteroatoms. The summed E-state index contributed by atoms with van der Waals surface area (Å²) in [6.45, 7) is 4.18. The minimum absolute atomic E-state index is 0.0309. The van der Waals surface area contributed by atoms with E-state index in [1.807, 2.05) is 12.3 Å². The second kappa shape index (κ2) is 6.15. The fraction of sp³-hybridized carbons (Fsp3) is 0.643. The van der Waals surface area contributed by atoms with Gasteiger partial charge in [0.2, 0.25) is 0 Å². The lowest BCUT2D eigenvalue weighted by Crippen LogP contribution is -2.52. The molecule has 1 heterocycles. The SMILES string of the molecule is Cc1csc(C(=O)NC2(CBr)CCCC(C)C2)c1Cl. The highest BCUT2D eigenvalue weighted by Crippen LogP contribution is 2.35. The monoisotopic (exact) mass is 363 g/mol. The molecule has 1 aromatic heterocycles. The van der Waals surface area contributed by atoms with Crippen molar-refractivity contribution in [2.24, 2.45) is 5.92 Å². The van der Waals surface area contributed by atoms with Gasteiger partial charge in [0, 0.05) is 5.33 Å². The quantitative estimate of drug-likeness (QED) is 0.768. The number of aryl methyl sites for hydroxylation is 1. The number of hydrogen-bond donors (Lipinski definition) is 1. The Labute approximate surface area is 132 Å². The Morgan fingerprint density at radius 1 is 1.68 bits per heavy atom. The first-order valence-corrected chi connectivity index (χ1v) is 8.97. The predicted molar refractivity (Wildman–Crippen MR) is 85.7 cm³/mol. The zero-order chi connectivity index (χ0) is 14.0. The average Bonchev–Trinajstić information content (AvgIpc) is 2.70. The molecule has 2 nitrogen and oxygen atoms in total. The lowest BCUT2D eigenvalue weighted by molar-refractivity contribution is 0.0874. The summed E-state index contributed by atoms with van der Waals surface area (Å²) in [7, 11) is 0. The first kappa shape index (κ1) is 15.3. The Balaban J connectivity index is 2.14. The van der Waals surface area contributed by atoms with Crippen molar-refractivity contribution in [3.05, 3.63) is 20.8 Å². The Bertz CT molecular complexity index is 476. The summed E-state index contributed by atoms with van der Waals surface area (Å²) < 4.78 is 0. The third kappa shape index (κ3) is 3.34. The van der Waals surface area contributed by atoms with Crippen molar-refractivity contribution < 1.29 is 4.79 Å². The van der Waals surface area contributed by atoms with Crippen molar-refractivity contribution >= 4 is 44.8 Å². The van der Waals surface area contributed by atoms with Crippen LogP contribution in [0.2, 0.25) is 5.02 Å². The first-order chi connectivity index (χ1) is 8.97. The Kier molecular flexibility index (Phi) is 4.96. The largest absolute Gasteiger partial charge is 0.345 e. The zero-order valence-electron chi connectivity index (χ0n) is 11.3. The first-order valence-electron chi connectivity index (χ1n) is 6.59. The van der Waals surface area contributed by atoms with E-state index in [0.29, 0.717) is 15.8 Å². The minimum atomic E-state index is -0.115. The van der Waals surface area contributed by atoms with Crippen molar-refractivity contribution in [2.75, 3.05) is 5.33 Å². The molecule has 0 spiro atoms. The molecular weight excluding hydrogens is 346 g/mol. The number of alkyl halides is 1. The van der Waals surface area contributed by atoms with Crippen LogP contribution >= 0.6 is 38.9 Å².